The minimum absolute atomic E-state index is 0. The normalized spacial score (nSPS) is 17.3. The molecule has 1 aromatic rings. The first kappa shape index (κ1) is 28.0. The van der Waals surface area contributed by atoms with E-state index < -0.39 is 27.2 Å². The number of piperazine rings is 1. The zero-order valence-corrected chi connectivity index (χ0v) is 21.9. The van der Waals surface area contributed by atoms with E-state index in [1.165, 1.54) is 12.1 Å². The molecule has 0 aromatic heterocycles. The molecule has 0 radical (unpaired) electrons. The molecule has 0 bridgehead atoms. The van der Waals surface area contributed by atoms with Gasteiger partial charge in [-0.25, -0.2) is 21.9 Å². The molecule has 7 nitrogen and oxygen atoms in total. The quantitative estimate of drug-likeness (QED) is 0.298. The molecule has 2 rings (SSSR count). The van der Waals surface area contributed by atoms with Crippen LogP contribution in [0.5, 0.6) is 0 Å². The van der Waals surface area contributed by atoms with E-state index in [2.05, 4.69) is 24.8 Å². The second kappa shape index (κ2) is 11.7. The Balaban J connectivity index is 0.00000480. The van der Waals surface area contributed by atoms with E-state index >= 15 is 0 Å². The standard InChI is InChI=1S/C20H33F2N5O2S.HI/c1-6-18(16-8-7-15(21)13-17(16)22)26-9-11-27(12-10-26)19(23-4)24-14-20(2,3)25-30(5,28)29;/h7-8,13,18,25H,6,9-12,14H2,1-5H3,(H,23,24);1H. The molecular formula is C20H34F2IN5O2S. The summed E-state index contributed by atoms with van der Waals surface area (Å²) in [5.41, 5.74) is -0.151. The summed E-state index contributed by atoms with van der Waals surface area (Å²) in [4.78, 5) is 8.62. The smallest absolute Gasteiger partial charge is 0.209 e. The average molecular weight is 573 g/mol. The lowest BCUT2D eigenvalue weighted by molar-refractivity contribution is 0.124. The van der Waals surface area contributed by atoms with E-state index in [9.17, 15) is 17.2 Å². The summed E-state index contributed by atoms with van der Waals surface area (Å²) in [5, 5.41) is 3.24. The van der Waals surface area contributed by atoms with Gasteiger partial charge in [0.15, 0.2) is 5.96 Å². The van der Waals surface area contributed by atoms with Crippen molar-refractivity contribution in [2.75, 3.05) is 46.0 Å². The second-order valence-corrected chi connectivity index (χ2v) is 10.0. The Morgan fingerprint density at radius 3 is 2.32 bits per heavy atom. The number of sulfonamides is 1. The summed E-state index contributed by atoms with van der Waals surface area (Å²) in [6, 6.07) is 3.66. The van der Waals surface area contributed by atoms with E-state index in [0.29, 0.717) is 44.2 Å². The summed E-state index contributed by atoms with van der Waals surface area (Å²) in [5.74, 6) is -0.388. The summed E-state index contributed by atoms with van der Waals surface area (Å²) in [6.07, 6.45) is 1.86. The number of hydrogen-bond donors (Lipinski definition) is 2. The van der Waals surface area contributed by atoms with Gasteiger partial charge in [-0.15, -0.1) is 24.0 Å². The fourth-order valence-corrected chi connectivity index (χ4v) is 4.94. The van der Waals surface area contributed by atoms with Gasteiger partial charge in [-0.3, -0.25) is 9.89 Å². The van der Waals surface area contributed by atoms with Gasteiger partial charge in [0, 0.05) is 63.0 Å². The number of nitrogens with zero attached hydrogens (tertiary/aromatic N) is 3. The Morgan fingerprint density at radius 1 is 1.23 bits per heavy atom. The van der Waals surface area contributed by atoms with Crippen molar-refractivity contribution in [3.63, 3.8) is 0 Å². The van der Waals surface area contributed by atoms with Crippen LogP contribution in [0.2, 0.25) is 0 Å². The maximum Gasteiger partial charge on any atom is 0.209 e. The van der Waals surface area contributed by atoms with Crippen LogP contribution in [0.3, 0.4) is 0 Å². The molecule has 0 amide bonds. The highest BCUT2D eigenvalue weighted by atomic mass is 127. The number of guanidine groups is 1. The molecule has 1 aliphatic heterocycles. The van der Waals surface area contributed by atoms with Crippen LogP contribution in [0, 0.1) is 11.6 Å². The van der Waals surface area contributed by atoms with Crippen LogP contribution in [-0.2, 0) is 10.0 Å². The van der Waals surface area contributed by atoms with Crippen LogP contribution in [0.15, 0.2) is 23.2 Å². The van der Waals surface area contributed by atoms with Crippen LogP contribution in [0.1, 0.15) is 38.8 Å². The maximum atomic E-state index is 14.3. The number of rotatable bonds is 7. The molecule has 2 N–H and O–H groups in total. The largest absolute Gasteiger partial charge is 0.354 e. The third-order valence-corrected chi connectivity index (χ3v) is 6.05. The summed E-state index contributed by atoms with van der Waals surface area (Å²) < 4.78 is 53.2. The van der Waals surface area contributed by atoms with Crippen molar-refractivity contribution in [2.45, 2.75) is 38.8 Å². The van der Waals surface area contributed by atoms with Crippen LogP contribution in [0.25, 0.3) is 0 Å². The first-order chi connectivity index (χ1) is 14.0. The number of hydrogen-bond acceptors (Lipinski definition) is 4. The molecular weight excluding hydrogens is 539 g/mol. The molecule has 178 valence electrons. The Bertz CT molecular complexity index is 859. The molecule has 1 saturated heterocycles. The molecule has 0 saturated carbocycles. The summed E-state index contributed by atoms with van der Waals surface area (Å²) in [6.45, 7) is 8.78. The minimum atomic E-state index is -3.32. The highest BCUT2D eigenvalue weighted by Crippen LogP contribution is 2.28. The predicted octanol–water partition coefficient (Wildman–Crippen LogP) is 2.55. The SMILES string of the molecule is CCC(c1ccc(F)cc1F)N1CCN(C(=NC)NCC(C)(C)NS(C)(=O)=O)CC1.I. The molecule has 1 unspecified atom stereocenters. The summed E-state index contributed by atoms with van der Waals surface area (Å²) in [7, 11) is -1.63. The number of nitrogens with one attached hydrogen (secondary N) is 2. The van der Waals surface area contributed by atoms with Crippen LogP contribution in [0.4, 0.5) is 8.78 Å². The van der Waals surface area contributed by atoms with Gasteiger partial charge < -0.3 is 10.2 Å². The monoisotopic (exact) mass is 573 g/mol. The van der Waals surface area contributed by atoms with E-state index in [-0.39, 0.29) is 30.0 Å². The van der Waals surface area contributed by atoms with Crippen molar-refractivity contribution in [1.82, 2.24) is 19.8 Å². The molecule has 1 fully saturated rings. The highest BCUT2D eigenvalue weighted by Gasteiger charge is 2.28. The Labute approximate surface area is 201 Å². The van der Waals surface area contributed by atoms with Crippen molar-refractivity contribution in [2.24, 2.45) is 4.99 Å². The second-order valence-electron chi connectivity index (χ2n) is 8.27. The minimum Gasteiger partial charge on any atom is -0.354 e. The van der Waals surface area contributed by atoms with Gasteiger partial charge in [-0.05, 0) is 26.3 Å². The topological polar surface area (TPSA) is 77.0 Å². The van der Waals surface area contributed by atoms with Gasteiger partial charge in [0.1, 0.15) is 11.6 Å². The van der Waals surface area contributed by atoms with Gasteiger partial charge in [0.25, 0.3) is 0 Å². The maximum absolute atomic E-state index is 14.3. The summed E-state index contributed by atoms with van der Waals surface area (Å²) >= 11 is 0. The molecule has 1 atom stereocenters. The van der Waals surface area contributed by atoms with E-state index in [0.717, 1.165) is 18.7 Å². The Morgan fingerprint density at radius 2 is 1.84 bits per heavy atom. The lowest BCUT2D eigenvalue weighted by Gasteiger charge is -2.41. The third-order valence-electron chi connectivity index (χ3n) is 5.12. The predicted molar refractivity (Wildman–Crippen MR) is 131 cm³/mol. The van der Waals surface area contributed by atoms with Crippen molar-refractivity contribution < 1.29 is 17.2 Å². The van der Waals surface area contributed by atoms with E-state index in [4.69, 9.17) is 0 Å². The molecule has 0 spiro atoms. The number of benzene rings is 1. The van der Waals surface area contributed by atoms with Gasteiger partial charge >= 0.3 is 0 Å². The lowest BCUT2D eigenvalue weighted by Crippen LogP contribution is -2.57. The molecule has 1 aromatic carbocycles. The molecule has 31 heavy (non-hydrogen) atoms. The zero-order valence-electron chi connectivity index (χ0n) is 18.8. The van der Waals surface area contributed by atoms with Crippen molar-refractivity contribution in [3.8, 4) is 0 Å². The molecule has 0 aliphatic carbocycles. The number of aliphatic imine (C=N–C) groups is 1. The van der Waals surface area contributed by atoms with Gasteiger partial charge in [-0.2, -0.15) is 0 Å². The molecule has 11 heteroatoms. The highest BCUT2D eigenvalue weighted by molar-refractivity contribution is 14.0. The van der Waals surface area contributed by atoms with Crippen LogP contribution in [-0.4, -0.2) is 75.7 Å². The van der Waals surface area contributed by atoms with E-state index in [1.807, 2.05) is 6.92 Å². The van der Waals surface area contributed by atoms with Crippen molar-refractivity contribution in [3.05, 3.63) is 35.4 Å². The lowest BCUT2D eigenvalue weighted by atomic mass is 10.0. The number of halogens is 3. The van der Waals surface area contributed by atoms with Gasteiger partial charge in [0.2, 0.25) is 10.0 Å². The third kappa shape index (κ3) is 8.43. The first-order valence-electron chi connectivity index (χ1n) is 10.1. The van der Waals surface area contributed by atoms with Gasteiger partial charge in [-0.1, -0.05) is 13.0 Å². The van der Waals surface area contributed by atoms with Crippen LogP contribution < -0.4 is 10.0 Å². The Kier molecular flexibility index (Phi) is 10.6. The zero-order chi connectivity index (χ0) is 22.5. The molecule has 1 heterocycles. The average Bonchev–Trinajstić information content (AvgIpc) is 2.63. The van der Waals surface area contributed by atoms with Crippen molar-refractivity contribution >= 4 is 40.0 Å². The van der Waals surface area contributed by atoms with E-state index in [1.54, 1.807) is 20.9 Å². The Hall–Kier alpha value is -1.05. The first-order valence-corrected chi connectivity index (χ1v) is 12.0. The molecule has 1 aliphatic rings. The van der Waals surface area contributed by atoms with Crippen molar-refractivity contribution in [1.29, 1.82) is 0 Å². The fourth-order valence-electron chi connectivity index (χ4n) is 3.86. The fraction of sp³-hybridized carbons (Fsp3) is 0.650. The van der Waals surface area contributed by atoms with Gasteiger partial charge in [0.05, 0.1) is 6.26 Å². The van der Waals surface area contributed by atoms with Crippen LogP contribution >= 0.6 is 24.0 Å².